The van der Waals surface area contributed by atoms with Crippen molar-refractivity contribution in [2.45, 2.75) is 38.6 Å². The normalized spacial score (nSPS) is 17.8. The van der Waals surface area contributed by atoms with E-state index >= 15 is 0 Å². The molecule has 1 atom stereocenters. The number of benzene rings is 1. The van der Waals surface area contributed by atoms with Crippen LogP contribution in [0.1, 0.15) is 54.2 Å². The van der Waals surface area contributed by atoms with Crippen LogP contribution in [-0.2, 0) is 6.42 Å². The zero-order chi connectivity index (χ0) is 19.8. The van der Waals surface area contributed by atoms with Gasteiger partial charge in [-0.05, 0) is 37.5 Å². The van der Waals surface area contributed by atoms with Crippen LogP contribution in [0.4, 0.5) is 0 Å². The van der Waals surface area contributed by atoms with E-state index in [1.165, 1.54) is 0 Å². The van der Waals surface area contributed by atoms with Gasteiger partial charge in [0.05, 0.1) is 6.04 Å². The fourth-order valence-electron chi connectivity index (χ4n) is 3.88. The monoisotopic (exact) mass is 395 g/mol. The minimum Gasteiger partial charge on any atom is -0.454 e. The van der Waals surface area contributed by atoms with Crippen molar-refractivity contribution in [3.05, 3.63) is 47.5 Å². The Morgan fingerprint density at radius 2 is 2.03 bits per heavy atom. The molecule has 2 aliphatic heterocycles. The van der Waals surface area contributed by atoms with Gasteiger partial charge in [0.25, 0.3) is 5.91 Å². The Kier molecular flexibility index (Phi) is 4.46. The number of nitrogens with zero attached hydrogens (tertiary/aromatic N) is 3. The van der Waals surface area contributed by atoms with E-state index < -0.39 is 0 Å². The highest BCUT2D eigenvalue weighted by Gasteiger charge is 2.34. The molecule has 0 aliphatic carbocycles. The van der Waals surface area contributed by atoms with Gasteiger partial charge in [-0.25, -0.2) is 0 Å². The Bertz CT molecular complexity index is 1040. The van der Waals surface area contributed by atoms with E-state index in [4.69, 9.17) is 18.5 Å². The van der Waals surface area contributed by atoms with Crippen LogP contribution in [0.3, 0.4) is 0 Å². The van der Waals surface area contributed by atoms with Crippen LogP contribution in [0, 0.1) is 0 Å². The predicted octanol–water partition coefficient (Wildman–Crippen LogP) is 3.99. The molecule has 0 radical (unpaired) electrons. The molecular weight excluding hydrogens is 374 g/mol. The molecule has 0 saturated carbocycles. The Balaban J connectivity index is 1.36. The molecule has 0 unspecified atom stereocenters. The van der Waals surface area contributed by atoms with Gasteiger partial charge in [0.2, 0.25) is 6.79 Å². The molecular formula is C21H21N3O5. The lowest BCUT2D eigenvalue weighted by atomic mass is 10.1. The number of rotatable bonds is 5. The highest BCUT2D eigenvalue weighted by Crippen LogP contribution is 2.37. The largest absolute Gasteiger partial charge is 0.454 e. The lowest BCUT2D eigenvalue weighted by Crippen LogP contribution is -2.30. The molecule has 2 aromatic heterocycles. The first-order chi connectivity index (χ1) is 14.2. The molecule has 150 valence electrons. The summed E-state index contributed by atoms with van der Waals surface area (Å²) in [4.78, 5) is 14.9. The first-order valence-corrected chi connectivity index (χ1v) is 9.86. The summed E-state index contributed by atoms with van der Waals surface area (Å²) in [5.41, 5.74) is 1.86. The van der Waals surface area contributed by atoms with E-state index in [2.05, 4.69) is 17.2 Å². The number of hydrogen-bond acceptors (Lipinski definition) is 7. The topological polar surface area (TPSA) is 90.8 Å². The Hall–Kier alpha value is -3.29. The van der Waals surface area contributed by atoms with Crippen molar-refractivity contribution < 1.29 is 23.3 Å². The average Bonchev–Trinajstić information content (AvgIpc) is 3.53. The summed E-state index contributed by atoms with van der Waals surface area (Å²) >= 11 is 0. The second-order valence-corrected chi connectivity index (χ2v) is 7.27. The van der Waals surface area contributed by atoms with Crippen molar-refractivity contribution in [3.63, 3.8) is 0 Å². The maximum absolute atomic E-state index is 13.1. The van der Waals surface area contributed by atoms with Gasteiger partial charge in [0.1, 0.15) is 11.5 Å². The summed E-state index contributed by atoms with van der Waals surface area (Å²) in [6.45, 7) is 2.96. The lowest BCUT2D eigenvalue weighted by molar-refractivity contribution is 0.0720. The summed E-state index contributed by atoms with van der Waals surface area (Å²) in [6, 6.07) is 9.02. The Morgan fingerprint density at radius 3 is 2.93 bits per heavy atom. The van der Waals surface area contributed by atoms with Gasteiger partial charge in [-0.3, -0.25) is 4.79 Å². The van der Waals surface area contributed by atoms with Gasteiger partial charge in [-0.15, -0.1) is 0 Å². The number of fused-ring (bicyclic) bond motifs is 1. The van der Waals surface area contributed by atoms with Crippen LogP contribution in [-0.4, -0.2) is 34.5 Å². The summed E-state index contributed by atoms with van der Waals surface area (Å²) in [7, 11) is 0. The van der Waals surface area contributed by atoms with E-state index in [0.717, 1.165) is 42.7 Å². The third kappa shape index (κ3) is 3.24. The zero-order valence-corrected chi connectivity index (χ0v) is 16.1. The molecule has 3 aromatic rings. The second-order valence-electron chi connectivity index (χ2n) is 7.27. The standard InChI is InChI=1S/C21H21N3O5/c1-2-4-14-10-15(22-28-14)17-5-3-8-24(17)21(25)16-11-19(29-23-16)13-6-7-18-20(9-13)27-12-26-18/h6-7,9-11,17H,2-5,8,12H2,1H3/t17-/m0/s1. The number of likely N-dealkylation sites (tertiary alicyclic amines) is 1. The van der Waals surface area contributed by atoms with E-state index in [0.29, 0.717) is 23.8 Å². The van der Waals surface area contributed by atoms with Crippen molar-refractivity contribution in [3.8, 4) is 22.8 Å². The minimum absolute atomic E-state index is 0.0949. The predicted molar refractivity (Wildman–Crippen MR) is 102 cm³/mol. The fraction of sp³-hybridized carbons (Fsp3) is 0.381. The van der Waals surface area contributed by atoms with Gasteiger partial charge < -0.3 is 23.4 Å². The van der Waals surface area contributed by atoms with Crippen LogP contribution in [0.2, 0.25) is 0 Å². The van der Waals surface area contributed by atoms with Gasteiger partial charge >= 0.3 is 0 Å². The lowest BCUT2D eigenvalue weighted by Gasteiger charge is -2.21. The van der Waals surface area contributed by atoms with Crippen LogP contribution in [0.15, 0.2) is 39.4 Å². The van der Waals surface area contributed by atoms with Crippen LogP contribution >= 0.6 is 0 Å². The van der Waals surface area contributed by atoms with Crippen molar-refractivity contribution in [1.82, 2.24) is 15.2 Å². The molecule has 0 N–H and O–H groups in total. The van der Waals surface area contributed by atoms with E-state index in [1.54, 1.807) is 11.0 Å². The number of amides is 1. The average molecular weight is 395 g/mol. The summed E-state index contributed by atoms with van der Waals surface area (Å²) in [5.74, 6) is 2.55. The number of carbonyl (C=O) groups is 1. The van der Waals surface area contributed by atoms with Crippen molar-refractivity contribution in [1.29, 1.82) is 0 Å². The molecule has 5 rings (SSSR count). The van der Waals surface area contributed by atoms with Crippen LogP contribution < -0.4 is 9.47 Å². The smallest absolute Gasteiger partial charge is 0.276 e. The van der Waals surface area contributed by atoms with Crippen molar-refractivity contribution >= 4 is 5.91 Å². The maximum Gasteiger partial charge on any atom is 0.276 e. The molecule has 4 heterocycles. The van der Waals surface area contributed by atoms with E-state index in [1.807, 2.05) is 24.3 Å². The Morgan fingerprint density at radius 1 is 1.14 bits per heavy atom. The van der Waals surface area contributed by atoms with Gasteiger partial charge in [0, 0.05) is 30.7 Å². The summed E-state index contributed by atoms with van der Waals surface area (Å²) in [5, 5.41) is 8.20. The second kappa shape index (κ2) is 7.27. The number of aromatic nitrogens is 2. The van der Waals surface area contributed by atoms with E-state index in [-0.39, 0.29) is 24.4 Å². The number of carbonyl (C=O) groups excluding carboxylic acids is 1. The molecule has 1 saturated heterocycles. The van der Waals surface area contributed by atoms with Gasteiger partial charge in [-0.2, -0.15) is 0 Å². The molecule has 1 fully saturated rings. The molecule has 8 nitrogen and oxygen atoms in total. The van der Waals surface area contributed by atoms with Crippen LogP contribution in [0.25, 0.3) is 11.3 Å². The maximum atomic E-state index is 13.1. The SMILES string of the molecule is CCCc1cc([C@@H]2CCCN2C(=O)c2cc(-c3ccc4c(c3)OCO4)on2)no1. The quantitative estimate of drug-likeness (QED) is 0.645. The zero-order valence-electron chi connectivity index (χ0n) is 16.1. The fourth-order valence-corrected chi connectivity index (χ4v) is 3.88. The molecule has 29 heavy (non-hydrogen) atoms. The molecule has 2 aliphatic rings. The Labute approximate surface area is 167 Å². The van der Waals surface area contributed by atoms with E-state index in [9.17, 15) is 4.79 Å². The van der Waals surface area contributed by atoms with Crippen LogP contribution in [0.5, 0.6) is 11.5 Å². The molecule has 0 bridgehead atoms. The molecule has 1 amide bonds. The highest BCUT2D eigenvalue weighted by molar-refractivity contribution is 5.93. The number of ether oxygens (including phenoxy) is 2. The number of aryl methyl sites for hydroxylation is 1. The summed E-state index contributed by atoms with van der Waals surface area (Å²) in [6.07, 6.45) is 3.61. The molecule has 1 aromatic carbocycles. The van der Waals surface area contributed by atoms with Crippen molar-refractivity contribution in [2.24, 2.45) is 0 Å². The van der Waals surface area contributed by atoms with Gasteiger partial charge in [0.15, 0.2) is 23.0 Å². The first kappa shape index (κ1) is 17.8. The summed E-state index contributed by atoms with van der Waals surface area (Å²) < 4.78 is 21.6. The highest BCUT2D eigenvalue weighted by atomic mass is 16.7. The van der Waals surface area contributed by atoms with Gasteiger partial charge in [-0.1, -0.05) is 17.2 Å². The minimum atomic E-state index is -0.164. The molecule has 0 spiro atoms. The van der Waals surface area contributed by atoms with Crippen molar-refractivity contribution in [2.75, 3.05) is 13.3 Å². The third-order valence-electron chi connectivity index (χ3n) is 5.32. The molecule has 8 heteroatoms. The number of hydrogen-bond donors (Lipinski definition) is 0. The third-order valence-corrected chi connectivity index (χ3v) is 5.32. The first-order valence-electron chi connectivity index (χ1n) is 9.86.